The first kappa shape index (κ1) is 15.2. The highest BCUT2D eigenvalue weighted by atomic mass is 16.5. The summed E-state index contributed by atoms with van der Waals surface area (Å²) in [4.78, 5) is 13.6. The maximum absolute atomic E-state index is 11.6. The van der Waals surface area contributed by atoms with E-state index in [1.165, 1.54) is 0 Å². The third-order valence-corrected chi connectivity index (χ3v) is 2.53. The second-order valence-electron chi connectivity index (χ2n) is 4.56. The Bertz CT molecular complexity index is 447. The molecule has 102 valence electrons. The van der Waals surface area contributed by atoms with Gasteiger partial charge in [0.1, 0.15) is 6.61 Å². The van der Waals surface area contributed by atoms with E-state index in [4.69, 9.17) is 4.74 Å². The maximum Gasteiger partial charge on any atom is 0.333 e. The molecule has 0 heterocycles. The number of hydrogen-bond donors (Lipinski definition) is 0. The van der Waals surface area contributed by atoms with E-state index in [2.05, 4.69) is 0 Å². The van der Waals surface area contributed by atoms with Gasteiger partial charge in [-0.05, 0) is 26.6 Å². The lowest BCUT2D eigenvalue weighted by Crippen LogP contribution is -2.20. The van der Waals surface area contributed by atoms with Crippen LogP contribution in [0.15, 0.2) is 48.1 Å². The molecule has 0 saturated heterocycles. The summed E-state index contributed by atoms with van der Waals surface area (Å²) in [5.41, 5.74) is 1.71. The van der Waals surface area contributed by atoms with Gasteiger partial charge >= 0.3 is 5.97 Å². The molecule has 1 aromatic carbocycles. The normalized spacial score (nSPS) is 12.1. The average molecular weight is 259 g/mol. The molecule has 3 heteroatoms. The van der Waals surface area contributed by atoms with Gasteiger partial charge in [-0.2, -0.15) is 0 Å². The Balaban J connectivity index is 2.43. The number of carbonyl (C=O) groups is 1. The van der Waals surface area contributed by atoms with Gasteiger partial charge in [-0.3, -0.25) is 0 Å². The van der Waals surface area contributed by atoms with E-state index in [1.54, 1.807) is 13.0 Å². The summed E-state index contributed by atoms with van der Waals surface area (Å²) in [6, 6.07) is 9.95. The third kappa shape index (κ3) is 6.58. The molecule has 0 spiro atoms. The van der Waals surface area contributed by atoms with Crippen LogP contribution < -0.4 is 0 Å². The van der Waals surface area contributed by atoms with Crippen LogP contribution in [0.1, 0.15) is 12.5 Å². The molecule has 0 unspecified atom stereocenters. The zero-order valence-corrected chi connectivity index (χ0v) is 11.8. The van der Waals surface area contributed by atoms with E-state index in [1.807, 2.05) is 61.5 Å². The summed E-state index contributed by atoms with van der Waals surface area (Å²) in [6.45, 7) is 2.91. The van der Waals surface area contributed by atoms with Gasteiger partial charge in [0, 0.05) is 12.1 Å². The standard InChI is InChI=1S/C16H21NO2/c1-14(16(18)19-13-12-17(2)3)8-7-11-15-9-5-4-6-10-15/h4-11H,12-13H2,1-3H3. The fraction of sp³-hybridized carbons (Fsp3) is 0.312. The summed E-state index contributed by atoms with van der Waals surface area (Å²) in [5, 5.41) is 0. The van der Waals surface area contributed by atoms with E-state index in [0.29, 0.717) is 12.2 Å². The predicted octanol–water partition coefficient (Wildman–Crippen LogP) is 2.75. The molecule has 0 N–H and O–H groups in total. The lowest BCUT2D eigenvalue weighted by Gasteiger charge is -2.09. The van der Waals surface area contributed by atoms with Gasteiger partial charge in [-0.15, -0.1) is 0 Å². The van der Waals surface area contributed by atoms with E-state index < -0.39 is 0 Å². The monoisotopic (exact) mass is 259 g/mol. The molecule has 0 aliphatic heterocycles. The SMILES string of the molecule is CC(=CC=Cc1ccccc1)C(=O)OCCN(C)C. The predicted molar refractivity (Wildman–Crippen MR) is 78.7 cm³/mol. The minimum atomic E-state index is -0.264. The molecule has 0 bridgehead atoms. The Morgan fingerprint density at radius 2 is 1.95 bits per heavy atom. The lowest BCUT2D eigenvalue weighted by molar-refractivity contribution is -0.139. The van der Waals surface area contributed by atoms with Crippen molar-refractivity contribution in [1.29, 1.82) is 0 Å². The van der Waals surface area contributed by atoms with Crippen molar-refractivity contribution in [2.24, 2.45) is 0 Å². The maximum atomic E-state index is 11.6. The molecule has 0 aliphatic rings. The zero-order chi connectivity index (χ0) is 14.1. The number of ether oxygens (including phenoxy) is 1. The number of carbonyl (C=O) groups excluding carboxylic acids is 1. The molecule has 0 saturated carbocycles. The first-order valence-electron chi connectivity index (χ1n) is 6.31. The minimum absolute atomic E-state index is 0.264. The molecule has 19 heavy (non-hydrogen) atoms. The van der Waals surface area contributed by atoms with Crippen molar-refractivity contribution in [3.05, 3.63) is 53.6 Å². The number of rotatable bonds is 6. The first-order valence-corrected chi connectivity index (χ1v) is 6.31. The first-order chi connectivity index (χ1) is 9.09. The molecule has 0 aliphatic carbocycles. The quantitative estimate of drug-likeness (QED) is 0.447. The second-order valence-corrected chi connectivity index (χ2v) is 4.56. The second kappa shape index (κ2) is 8.27. The number of benzene rings is 1. The van der Waals surface area contributed by atoms with Crippen molar-refractivity contribution < 1.29 is 9.53 Å². The van der Waals surface area contributed by atoms with Crippen molar-refractivity contribution in [1.82, 2.24) is 4.90 Å². The summed E-state index contributed by atoms with van der Waals surface area (Å²) in [6.07, 6.45) is 5.58. The highest BCUT2D eigenvalue weighted by Crippen LogP contribution is 2.03. The number of esters is 1. The van der Waals surface area contributed by atoms with Crippen LogP contribution in [0.4, 0.5) is 0 Å². The van der Waals surface area contributed by atoms with Crippen molar-refractivity contribution in [2.45, 2.75) is 6.92 Å². The Kier molecular flexibility index (Phi) is 6.61. The fourth-order valence-corrected chi connectivity index (χ4v) is 1.37. The van der Waals surface area contributed by atoms with Gasteiger partial charge in [0.2, 0.25) is 0 Å². The van der Waals surface area contributed by atoms with Gasteiger partial charge < -0.3 is 9.64 Å². The molecule has 0 aromatic heterocycles. The van der Waals surface area contributed by atoms with Crippen LogP contribution in [-0.4, -0.2) is 38.1 Å². The van der Waals surface area contributed by atoms with Crippen LogP contribution in [0.5, 0.6) is 0 Å². The van der Waals surface area contributed by atoms with Crippen molar-refractivity contribution >= 4 is 12.0 Å². The van der Waals surface area contributed by atoms with Crippen LogP contribution in [0, 0.1) is 0 Å². The summed E-state index contributed by atoms with van der Waals surface area (Å²) in [7, 11) is 3.89. The highest BCUT2D eigenvalue weighted by Gasteiger charge is 2.04. The van der Waals surface area contributed by atoms with E-state index in [0.717, 1.165) is 12.1 Å². The molecular formula is C16H21NO2. The van der Waals surface area contributed by atoms with Crippen molar-refractivity contribution in [3.63, 3.8) is 0 Å². The van der Waals surface area contributed by atoms with Gasteiger partial charge in [-0.25, -0.2) is 4.79 Å². The summed E-state index contributed by atoms with van der Waals surface area (Å²) < 4.78 is 5.13. The highest BCUT2D eigenvalue weighted by molar-refractivity contribution is 5.88. The number of allylic oxidation sites excluding steroid dienone is 2. The van der Waals surface area contributed by atoms with Crippen LogP contribution >= 0.6 is 0 Å². The van der Waals surface area contributed by atoms with E-state index >= 15 is 0 Å². The molecule has 1 rings (SSSR count). The minimum Gasteiger partial charge on any atom is -0.461 e. The summed E-state index contributed by atoms with van der Waals surface area (Å²) in [5.74, 6) is -0.264. The van der Waals surface area contributed by atoms with Crippen LogP contribution in [0.25, 0.3) is 6.08 Å². The fourth-order valence-electron chi connectivity index (χ4n) is 1.37. The van der Waals surface area contributed by atoms with Crippen LogP contribution in [-0.2, 0) is 9.53 Å². The topological polar surface area (TPSA) is 29.5 Å². The van der Waals surface area contributed by atoms with E-state index in [-0.39, 0.29) is 5.97 Å². The third-order valence-electron chi connectivity index (χ3n) is 2.53. The Morgan fingerprint density at radius 1 is 1.26 bits per heavy atom. The largest absolute Gasteiger partial charge is 0.461 e. The van der Waals surface area contributed by atoms with Gasteiger partial charge in [-0.1, -0.05) is 48.6 Å². The number of nitrogens with zero attached hydrogens (tertiary/aromatic N) is 1. The summed E-state index contributed by atoms with van der Waals surface area (Å²) >= 11 is 0. The van der Waals surface area contributed by atoms with Crippen molar-refractivity contribution in [2.75, 3.05) is 27.2 Å². The van der Waals surface area contributed by atoms with Crippen LogP contribution in [0.3, 0.4) is 0 Å². The van der Waals surface area contributed by atoms with Gasteiger partial charge in [0.15, 0.2) is 0 Å². The van der Waals surface area contributed by atoms with E-state index in [9.17, 15) is 4.79 Å². The van der Waals surface area contributed by atoms with Crippen LogP contribution in [0.2, 0.25) is 0 Å². The molecule has 1 aromatic rings. The molecule has 0 atom stereocenters. The van der Waals surface area contributed by atoms with Crippen molar-refractivity contribution in [3.8, 4) is 0 Å². The Morgan fingerprint density at radius 3 is 2.58 bits per heavy atom. The molecular weight excluding hydrogens is 238 g/mol. The van der Waals surface area contributed by atoms with Gasteiger partial charge in [0.25, 0.3) is 0 Å². The molecule has 3 nitrogen and oxygen atoms in total. The van der Waals surface area contributed by atoms with Gasteiger partial charge in [0.05, 0.1) is 0 Å². The molecule has 0 radical (unpaired) electrons. The molecule has 0 amide bonds. The smallest absolute Gasteiger partial charge is 0.333 e. The molecule has 0 fully saturated rings. The average Bonchev–Trinajstić information content (AvgIpc) is 2.39. The Labute approximate surface area is 115 Å². The zero-order valence-electron chi connectivity index (χ0n) is 11.8. The number of likely N-dealkylation sites (N-methyl/N-ethyl adjacent to an activating group) is 1. The lowest BCUT2D eigenvalue weighted by atomic mass is 10.2. The number of hydrogen-bond acceptors (Lipinski definition) is 3. The Hall–Kier alpha value is -1.87.